The zero-order valence-corrected chi connectivity index (χ0v) is 13.1. The molecule has 0 aromatic heterocycles. The Morgan fingerprint density at radius 2 is 1.85 bits per heavy atom. The van der Waals surface area contributed by atoms with Gasteiger partial charge in [-0.05, 0) is 23.1 Å². The Morgan fingerprint density at radius 3 is 2.45 bits per heavy atom. The van der Waals surface area contributed by atoms with Crippen molar-refractivity contribution in [1.82, 2.24) is 0 Å². The Labute approximate surface area is 121 Å². The summed E-state index contributed by atoms with van der Waals surface area (Å²) in [5.41, 5.74) is 1.27. The molecule has 0 radical (unpaired) electrons. The van der Waals surface area contributed by atoms with Gasteiger partial charge in [-0.1, -0.05) is 32.9 Å². The summed E-state index contributed by atoms with van der Waals surface area (Å²) in [6.07, 6.45) is 0. The van der Waals surface area contributed by atoms with Gasteiger partial charge in [0.25, 0.3) is 0 Å². The molecule has 114 valence electrons. The summed E-state index contributed by atoms with van der Waals surface area (Å²) in [6, 6.07) is 7.91. The SMILES string of the molecule is CC(C)(C)c1cccc(OCCOCCS(N)(=O)=O)c1. The first-order valence-corrected chi connectivity index (χ1v) is 8.21. The van der Waals surface area contributed by atoms with Crippen LogP contribution in [0.25, 0.3) is 0 Å². The third-order valence-electron chi connectivity index (χ3n) is 2.71. The van der Waals surface area contributed by atoms with E-state index in [1.807, 2.05) is 18.2 Å². The first kappa shape index (κ1) is 16.9. The summed E-state index contributed by atoms with van der Waals surface area (Å²) in [6.45, 7) is 7.21. The Balaban J connectivity index is 2.32. The minimum Gasteiger partial charge on any atom is -0.491 e. The Bertz CT molecular complexity index is 520. The van der Waals surface area contributed by atoms with Crippen molar-refractivity contribution in [3.8, 4) is 5.75 Å². The van der Waals surface area contributed by atoms with Crippen LogP contribution in [0.4, 0.5) is 0 Å². The molecule has 6 heteroatoms. The maximum absolute atomic E-state index is 10.7. The molecule has 0 atom stereocenters. The van der Waals surface area contributed by atoms with Gasteiger partial charge in [0.15, 0.2) is 0 Å². The highest BCUT2D eigenvalue weighted by Gasteiger charge is 2.13. The smallest absolute Gasteiger partial charge is 0.211 e. The quantitative estimate of drug-likeness (QED) is 0.777. The van der Waals surface area contributed by atoms with Crippen molar-refractivity contribution in [1.29, 1.82) is 0 Å². The van der Waals surface area contributed by atoms with Gasteiger partial charge in [-0.15, -0.1) is 0 Å². The van der Waals surface area contributed by atoms with Crippen LogP contribution in [0.1, 0.15) is 26.3 Å². The van der Waals surface area contributed by atoms with Gasteiger partial charge < -0.3 is 9.47 Å². The molecule has 5 nitrogen and oxygen atoms in total. The van der Waals surface area contributed by atoms with Gasteiger partial charge >= 0.3 is 0 Å². The number of benzene rings is 1. The number of primary sulfonamides is 1. The van der Waals surface area contributed by atoms with Crippen molar-refractivity contribution in [3.05, 3.63) is 29.8 Å². The fourth-order valence-corrected chi connectivity index (χ4v) is 1.90. The number of ether oxygens (including phenoxy) is 2. The van der Waals surface area contributed by atoms with Crippen LogP contribution in [-0.2, 0) is 20.2 Å². The molecule has 0 bridgehead atoms. The second-order valence-corrected chi connectivity index (χ2v) is 7.34. The zero-order chi connectivity index (χ0) is 15.2. The molecule has 0 aliphatic carbocycles. The molecular weight excluding hydrogens is 278 g/mol. The topological polar surface area (TPSA) is 78.6 Å². The maximum atomic E-state index is 10.7. The third kappa shape index (κ3) is 6.88. The van der Waals surface area contributed by atoms with Crippen LogP contribution in [0.3, 0.4) is 0 Å². The summed E-state index contributed by atoms with van der Waals surface area (Å²) < 4.78 is 32.1. The van der Waals surface area contributed by atoms with Gasteiger partial charge in [0.1, 0.15) is 12.4 Å². The van der Waals surface area contributed by atoms with E-state index in [1.54, 1.807) is 0 Å². The van der Waals surface area contributed by atoms with E-state index < -0.39 is 10.0 Å². The van der Waals surface area contributed by atoms with Gasteiger partial charge in [0.05, 0.1) is 19.0 Å². The number of hydrogen-bond donors (Lipinski definition) is 1. The minimum absolute atomic E-state index is 0.0748. The van der Waals surface area contributed by atoms with E-state index in [-0.39, 0.29) is 17.8 Å². The predicted octanol–water partition coefficient (Wildman–Crippen LogP) is 1.67. The second kappa shape index (κ2) is 7.06. The molecule has 1 aromatic carbocycles. The van der Waals surface area contributed by atoms with E-state index in [9.17, 15) is 8.42 Å². The van der Waals surface area contributed by atoms with E-state index in [4.69, 9.17) is 14.6 Å². The summed E-state index contributed by atoms with van der Waals surface area (Å²) in [5, 5.41) is 4.86. The van der Waals surface area contributed by atoms with Crippen LogP contribution in [0, 0.1) is 0 Å². The fourth-order valence-electron chi connectivity index (χ4n) is 1.55. The van der Waals surface area contributed by atoms with Gasteiger partial charge in [-0.25, -0.2) is 13.6 Å². The molecule has 0 saturated carbocycles. The van der Waals surface area contributed by atoms with Crippen LogP contribution in [0.2, 0.25) is 0 Å². The van der Waals surface area contributed by atoms with Crippen molar-refractivity contribution >= 4 is 10.0 Å². The van der Waals surface area contributed by atoms with Crippen LogP contribution in [-0.4, -0.2) is 34.0 Å². The maximum Gasteiger partial charge on any atom is 0.211 e. The molecule has 1 rings (SSSR count). The Kier molecular flexibility index (Phi) is 5.98. The Hall–Kier alpha value is -1.11. The molecule has 0 unspecified atom stereocenters. The molecule has 2 N–H and O–H groups in total. The second-order valence-electron chi connectivity index (χ2n) is 5.61. The standard InChI is InChI=1S/C14H23NO4S/c1-14(2,3)12-5-4-6-13(11-12)19-8-7-18-9-10-20(15,16)17/h4-6,11H,7-10H2,1-3H3,(H2,15,16,17). The van der Waals surface area contributed by atoms with E-state index in [0.717, 1.165) is 5.75 Å². The summed E-state index contributed by atoms with van der Waals surface area (Å²) in [7, 11) is -3.45. The lowest BCUT2D eigenvalue weighted by atomic mass is 9.87. The first-order valence-electron chi connectivity index (χ1n) is 6.50. The average Bonchev–Trinajstić information content (AvgIpc) is 2.31. The summed E-state index contributed by atoms with van der Waals surface area (Å²) >= 11 is 0. The fraction of sp³-hybridized carbons (Fsp3) is 0.571. The monoisotopic (exact) mass is 301 g/mol. The van der Waals surface area contributed by atoms with Crippen LogP contribution < -0.4 is 9.88 Å². The van der Waals surface area contributed by atoms with E-state index in [1.165, 1.54) is 5.56 Å². The van der Waals surface area contributed by atoms with Gasteiger partial charge in [-0.2, -0.15) is 0 Å². The lowest BCUT2D eigenvalue weighted by Crippen LogP contribution is -2.21. The molecule has 0 heterocycles. The lowest BCUT2D eigenvalue weighted by Gasteiger charge is -2.19. The molecule has 1 aromatic rings. The predicted molar refractivity (Wildman–Crippen MR) is 79.4 cm³/mol. The van der Waals surface area contributed by atoms with Crippen LogP contribution >= 0.6 is 0 Å². The molecule has 0 amide bonds. The molecular formula is C14H23NO4S. The number of hydrogen-bond acceptors (Lipinski definition) is 4. The molecule has 0 aliphatic rings. The van der Waals surface area contributed by atoms with Gasteiger partial charge in [0, 0.05) is 0 Å². The highest BCUT2D eigenvalue weighted by Crippen LogP contribution is 2.25. The normalized spacial score (nSPS) is 12.4. The molecule has 0 fully saturated rings. The molecule has 0 aliphatic heterocycles. The van der Waals surface area contributed by atoms with Crippen molar-refractivity contribution in [2.24, 2.45) is 5.14 Å². The summed E-state index contributed by atoms with van der Waals surface area (Å²) in [5.74, 6) is 0.611. The first-order chi connectivity index (χ1) is 9.18. The van der Waals surface area contributed by atoms with Crippen molar-refractivity contribution in [2.75, 3.05) is 25.6 Å². The number of sulfonamides is 1. The largest absolute Gasteiger partial charge is 0.491 e. The molecule has 20 heavy (non-hydrogen) atoms. The van der Waals surface area contributed by atoms with Gasteiger partial charge in [0.2, 0.25) is 10.0 Å². The highest BCUT2D eigenvalue weighted by atomic mass is 32.2. The van der Waals surface area contributed by atoms with Crippen molar-refractivity contribution < 1.29 is 17.9 Å². The average molecular weight is 301 g/mol. The number of nitrogens with two attached hydrogens (primary N) is 1. The Morgan fingerprint density at radius 1 is 1.15 bits per heavy atom. The van der Waals surface area contributed by atoms with Crippen molar-refractivity contribution in [3.63, 3.8) is 0 Å². The van der Waals surface area contributed by atoms with E-state index in [0.29, 0.717) is 13.2 Å². The number of rotatable bonds is 7. The van der Waals surface area contributed by atoms with Crippen LogP contribution in [0.15, 0.2) is 24.3 Å². The minimum atomic E-state index is -3.45. The summed E-state index contributed by atoms with van der Waals surface area (Å²) in [4.78, 5) is 0. The molecule has 0 spiro atoms. The molecule has 0 saturated heterocycles. The van der Waals surface area contributed by atoms with E-state index >= 15 is 0 Å². The van der Waals surface area contributed by atoms with E-state index in [2.05, 4.69) is 26.8 Å². The van der Waals surface area contributed by atoms with Gasteiger partial charge in [-0.3, -0.25) is 0 Å². The zero-order valence-electron chi connectivity index (χ0n) is 12.3. The third-order valence-corrected chi connectivity index (χ3v) is 3.44. The lowest BCUT2D eigenvalue weighted by molar-refractivity contribution is 0.111. The highest BCUT2D eigenvalue weighted by molar-refractivity contribution is 7.89. The van der Waals surface area contributed by atoms with Crippen LogP contribution in [0.5, 0.6) is 5.75 Å². The van der Waals surface area contributed by atoms with Crippen molar-refractivity contribution in [2.45, 2.75) is 26.2 Å².